The number of hydrogen-bond donors (Lipinski definition) is 4. The van der Waals surface area contributed by atoms with Gasteiger partial charge >= 0.3 is 11.9 Å². The second-order valence-electron chi connectivity index (χ2n) is 5.90. The molecule has 0 aromatic heterocycles. The Morgan fingerprint density at radius 2 is 1.81 bits per heavy atom. The average molecular weight is 386 g/mol. The van der Waals surface area contributed by atoms with Crippen LogP contribution in [0.15, 0.2) is 30.3 Å². The number of carbonyl (C=O) groups excluding carboxylic acids is 1. The van der Waals surface area contributed by atoms with Gasteiger partial charge < -0.3 is 39.4 Å². The summed E-state index contributed by atoms with van der Waals surface area (Å²) < 4.78 is 20.0. The van der Waals surface area contributed by atoms with Crippen LogP contribution in [-0.4, -0.2) is 89.5 Å². The molecule has 2 rings (SSSR count). The average Bonchev–Trinajstić information content (AvgIpc) is 2.67. The summed E-state index contributed by atoms with van der Waals surface area (Å²) in [5, 5.41) is 38.9. The van der Waals surface area contributed by atoms with Crippen LogP contribution in [0.2, 0.25) is 0 Å². The zero-order chi connectivity index (χ0) is 20.0. The van der Waals surface area contributed by atoms with Gasteiger partial charge in [0.2, 0.25) is 0 Å². The largest absolute Gasteiger partial charge is 0.479 e. The van der Waals surface area contributed by atoms with Gasteiger partial charge in [-0.05, 0) is 12.1 Å². The lowest BCUT2D eigenvalue weighted by atomic mass is 9.99. The van der Waals surface area contributed by atoms with Crippen molar-refractivity contribution < 1.29 is 49.0 Å². The SMILES string of the molecule is CO[C@H]1[C@H](O)[C@@H](O)[C@H](OCC(O)COC(=O)c2ccccc2)O[C@@H]1C(=O)O. The Morgan fingerprint density at radius 1 is 1.15 bits per heavy atom. The van der Waals surface area contributed by atoms with Crippen LogP contribution >= 0.6 is 0 Å². The van der Waals surface area contributed by atoms with E-state index in [2.05, 4.69) is 0 Å². The summed E-state index contributed by atoms with van der Waals surface area (Å²) in [6, 6.07) is 8.17. The van der Waals surface area contributed by atoms with E-state index in [0.29, 0.717) is 5.56 Å². The number of ether oxygens (including phenoxy) is 4. The maximum Gasteiger partial charge on any atom is 0.338 e. The van der Waals surface area contributed by atoms with Crippen LogP contribution in [-0.2, 0) is 23.7 Å². The number of aliphatic hydroxyl groups excluding tert-OH is 3. The minimum Gasteiger partial charge on any atom is -0.479 e. The predicted octanol–water partition coefficient (Wildman–Crippen LogP) is -1.23. The van der Waals surface area contributed by atoms with E-state index in [0.717, 1.165) is 0 Å². The molecule has 10 heteroatoms. The Hall–Kier alpha value is -2.08. The van der Waals surface area contributed by atoms with Crippen LogP contribution in [0.5, 0.6) is 0 Å². The molecule has 1 aromatic rings. The number of aliphatic carboxylic acids is 1. The summed E-state index contributed by atoms with van der Waals surface area (Å²) in [6.07, 6.45) is -8.77. The second kappa shape index (κ2) is 9.74. The first kappa shape index (κ1) is 21.2. The highest BCUT2D eigenvalue weighted by Gasteiger charge is 2.48. The number of rotatable bonds is 8. The molecule has 0 spiro atoms. The van der Waals surface area contributed by atoms with Crippen molar-refractivity contribution in [2.75, 3.05) is 20.3 Å². The fourth-order valence-electron chi connectivity index (χ4n) is 2.52. The maximum atomic E-state index is 11.8. The molecular formula is C17H22O10. The highest BCUT2D eigenvalue weighted by molar-refractivity contribution is 5.89. The standard InChI is InChI=1S/C17H22O10/c1-24-13-11(19)12(20)17(27-14(13)15(21)22)26-8-10(18)7-25-16(23)9-5-3-2-4-6-9/h2-6,10-14,17-20H,7-8H2,1H3,(H,21,22)/t10?,11-,12-,13+,14+,17-/m1/s1. The third kappa shape index (κ3) is 5.45. The molecule has 1 saturated heterocycles. The third-order valence-corrected chi connectivity index (χ3v) is 3.93. The smallest absolute Gasteiger partial charge is 0.338 e. The molecule has 150 valence electrons. The molecule has 1 unspecified atom stereocenters. The summed E-state index contributed by atoms with van der Waals surface area (Å²) in [5.41, 5.74) is 0.315. The van der Waals surface area contributed by atoms with Crippen molar-refractivity contribution in [1.82, 2.24) is 0 Å². The molecule has 1 fully saturated rings. The summed E-state index contributed by atoms with van der Waals surface area (Å²) in [5.74, 6) is -2.04. The normalized spacial score (nSPS) is 29.1. The minimum absolute atomic E-state index is 0.315. The van der Waals surface area contributed by atoms with Crippen molar-refractivity contribution in [3.8, 4) is 0 Å². The van der Waals surface area contributed by atoms with E-state index in [4.69, 9.17) is 24.1 Å². The number of carboxylic acids is 1. The van der Waals surface area contributed by atoms with Gasteiger partial charge in [0.15, 0.2) is 12.4 Å². The first-order valence-corrected chi connectivity index (χ1v) is 8.14. The van der Waals surface area contributed by atoms with Crippen LogP contribution in [0.3, 0.4) is 0 Å². The lowest BCUT2D eigenvalue weighted by molar-refractivity contribution is -0.301. The molecule has 1 aliphatic heterocycles. The van der Waals surface area contributed by atoms with Gasteiger partial charge in [-0.15, -0.1) is 0 Å². The van der Waals surface area contributed by atoms with E-state index in [1.54, 1.807) is 30.3 Å². The van der Waals surface area contributed by atoms with E-state index in [9.17, 15) is 24.9 Å². The van der Waals surface area contributed by atoms with Gasteiger partial charge in [0, 0.05) is 7.11 Å². The summed E-state index contributed by atoms with van der Waals surface area (Å²) in [4.78, 5) is 23.0. The fourth-order valence-corrected chi connectivity index (χ4v) is 2.52. The zero-order valence-corrected chi connectivity index (χ0v) is 14.5. The number of hydrogen-bond acceptors (Lipinski definition) is 9. The van der Waals surface area contributed by atoms with Gasteiger partial charge in [-0.3, -0.25) is 0 Å². The Labute approximate surface area is 154 Å². The van der Waals surface area contributed by atoms with E-state index >= 15 is 0 Å². The molecule has 0 aliphatic carbocycles. The van der Waals surface area contributed by atoms with Crippen molar-refractivity contribution in [1.29, 1.82) is 0 Å². The molecule has 1 heterocycles. The number of methoxy groups -OCH3 is 1. The topological polar surface area (TPSA) is 152 Å². The Balaban J connectivity index is 1.84. The molecule has 6 atom stereocenters. The van der Waals surface area contributed by atoms with Crippen LogP contribution in [0.4, 0.5) is 0 Å². The van der Waals surface area contributed by atoms with Gasteiger partial charge in [-0.25, -0.2) is 9.59 Å². The number of carbonyl (C=O) groups is 2. The van der Waals surface area contributed by atoms with Gasteiger partial charge in [0.1, 0.15) is 31.0 Å². The minimum atomic E-state index is -1.59. The van der Waals surface area contributed by atoms with Crippen LogP contribution in [0.25, 0.3) is 0 Å². The molecular weight excluding hydrogens is 364 g/mol. The van der Waals surface area contributed by atoms with E-state index in [1.807, 2.05) is 0 Å². The number of benzene rings is 1. The first-order chi connectivity index (χ1) is 12.8. The van der Waals surface area contributed by atoms with Crippen LogP contribution < -0.4 is 0 Å². The quantitative estimate of drug-likeness (QED) is 0.399. The fraction of sp³-hybridized carbons (Fsp3) is 0.529. The lowest BCUT2D eigenvalue weighted by Crippen LogP contribution is -2.61. The predicted molar refractivity (Wildman–Crippen MR) is 87.8 cm³/mol. The maximum absolute atomic E-state index is 11.8. The molecule has 1 aliphatic rings. The summed E-state index contributed by atoms with van der Waals surface area (Å²) in [7, 11) is 1.17. The van der Waals surface area contributed by atoms with Crippen molar-refractivity contribution in [2.24, 2.45) is 0 Å². The van der Waals surface area contributed by atoms with Crippen LogP contribution in [0.1, 0.15) is 10.4 Å². The zero-order valence-electron chi connectivity index (χ0n) is 14.5. The second-order valence-corrected chi connectivity index (χ2v) is 5.90. The summed E-state index contributed by atoms with van der Waals surface area (Å²) >= 11 is 0. The highest BCUT2D eigenvalue weighted by atomic mass is 16.7. The Morgan fingerprint density at radius 3 is 2.41 bits per heavy atom. The van der Waals surface area contributed by atoms with E-state index < -0.39 is 55.4 Å². The van der Waals surface area contributed by atoms with E-state index in [1.165, 1.54) is 7.11 Å². The Bertz CT molecular complexity index is 621. The van der Waals surface area contributed by atoms with Gasteiger partial charge in [0.25, 0.3) is 0 Å². The molecule has 0 saturated carbocycles. The summed E-state index contributed by atoms with van der Waals surface area (Å²) in [6.45, 7) is -0.817. The van der Waals surface area contributed by atoms with Gasteiger partial charge in [0.05, 0.1) is 12.2 Å². The lowest BCUT2D eigenvalue weighted by Gasteiger charge is -2.40. The monoisotopic (exact) mass is 386 g/mol. The third-order valence-electron chi connectivity index (χ3n) is 3.93. The molecule has 27 heavy (non-hydrogen) atoms. The van der Waals surface area contributed by atoms with Gasteiger partial charge in [-0.1, -0.05) is 18.2 Å². The molecule has 1 aromatic carbocycles. The molecule has 10 nitrogen and oxygen atoms in total. The number of esters is 1. The molecule has 0 radical (unpaired) electrons. The Kier molecular flexibility index (Phi) is 7.66. The van der Waals surface area contributed by atoms with Gasteiger partial charge in [-0.2, -0.15) is 0 Å². The number of carboxylic acid groups (broad SMARTS) is 1. The van der Waals surface area contributed by atoms with Crippen LogP contribution in [0, 0.1) is 0 Å². The van der Waals surface area contributed by atoms with Crippen molar-refractivity contribution >= 4 is 11.9 Å². The highest BCUT2D eigenvalue weighted by Crippen LogP contribution is 2.24. The number of aliphatic hydroxyl groups is 3. The van der Waals surface area contributed by atoms with Crippen molar-refractivity contribution in [2.45, 2.75) is 36.8 Å². The molecule has 0 amide bonds. The first-order valence-electron chi connectivity index (χ1n) is 8.14. The van der Waals surface area contributed by atoms with Crippen molar-refractivity contribution in [3.05, 3.63) is 35.9 Å². The van der Waals surface area contributed by atoms with Crippen molar-refractivity contribution in [3.63, 3.8) is 0 Å². The molecule has 4 N–H and O–H groups in total. The molecule has 0 bridgehead atoms. The van der Waals surface area contributed by atoms with E-state index in [-0.39, 0.29) is 6.61 Å².